The van der Waals surface area contributed by atoms with Crippen LogP contribution in [0, 0.1) is 12.7 Å². The summed E-state index contributed by atoms with van der Waals surface area (Å²) in [5.74, 6) is -0.228. The van der Waals surface area contributed by atoms with Gasteiger partial charge in [-0.1, -0.05) is 0 Å². The van der Waals surface area contributed by atoms with Gasteiger partial charge < -0.3 is 9.84 Å². The van der Waals surface area contributed by atoms with Gasteiger partial charge in [0.25, 0.3) is 0 Å². The second-order valence-corrected chi connectivity index (χ2v) is 7.24. The zero-order chi connectivity index (χ0) is 17.5. The number of ether oxygens (including phenoxy) is 1. The monoisotopic (exact) mass is 365 g/mol. The average Bonchev–Trinajstić information content (AvgIpc) is 3.21. The number of aryl methyl sites for hydroxylation is 1. The largest absolute Gasteiger partial charge is 0.400 e. The quantitative estimate of drug-likeness (QED) is 0.707. The first-order valence-corrected chi connectivity index (χ1v) is 9.07. The van der Waals surface area contributed by atoms with Gasteiger partial charge in [-0.05, 0) is 43.3 Å². The van der Waals surface area contributed by atoms with Crippen LogP contribution in [-0.2, 0) is 11.2 Å². The Morgan fingerprint density at radius 3 is 2.38 bits per heavy atom. The summed E-state index contributed by atoms with van der Waals surface area (Å²) in [5, 5.41) is 7.92. The van der Waals surface area contributed by atoms with E-state index in [1.54, 1.807) is 41.9 Å². The van der Waals surface area contributed by atoms with E-state index in [0.29, 0.717) is 6.61 Å². The lowest BCUT2D eigenvalue weighted by molar-refractivity contribution is 0.201. The number of benzene rings is 1. The lowest BCUT2D eigenvalue weighted by Crippen LogP contribution is -1.96. The highest BCUT2D eigenvalue weighted by molar-refractivity contribution is 7.23. The van der Waals surface area contributed by atoms with Crippen LogP contribution in [0.4, 0.5) is 4.39 Å². The first-order valence-electron chi connectivity index (χ1n) is 7.43. The summed E-state index contributed by atoms with van der Waals surface area (Å²) in [4.78, 5) is 8.46. The lowest BCUT2D eigenvalue weighted by atomic mass is 10.2. The molecular weight excluding hydrogens is 345 g/mol. The molecule has 3 nitrogen and oxygen atoms in total. The minimum Gasteiger partial charge on any atom is -0.400 e. The third kappa shape index (κ3) is 4.48. The topological polar surface area (TPSA) is 42.4 Å². The molecule has 1 aromatic carbocycles. The summed E-state index contributed by atoms with van der Waals surface area (Å²) in [6.45, 7) is 2.74. The molecule has 0 amide bonds. The lowest BCUT2D eigenvalue weighted by Gasteiger charge is -1.99. The van der Waals surface area contributed by atoms with Gasteiger partial charge in [0.1, 0.15) is 10.8 Å². The Balaban J connectivity index is 0.00000100. The van der Waals surface area contributed by atoms with Gasteiger partial charge in [-0.2, -0.15) is 0 Å². The van der Waals surface area contributed by atoms with Crippen LogP contribution in [-0.4, -0.2) is 30.9 Å². The molecular formula is C18H20FNO2S2. The smallest absolute Gasteiger partial charge is 0.124 e. The normalized spacial score (nSPS) is 10.4. The molecule has 0 saturated heterocycles. The highest BCUT2D eigenvalue weighted by Gasteiger charge is 2.15. The van der Waals surface area contributed by atoms with Crippen molar-refractivity contribution in [1.29, 1.82) is 0 Å². The fraction of sp³-hybridized carbons (Fsp3) is 0.278. The molecule has 24 heavy (non-hydrogen) atoms. The Morgan fingerprint density at radius 1 is 1.08 bits per heavy atom. The van der Waals surface area contributed by atoms with Crippen LogP contribution in [0.1, 0.15) is 10.6 Å². The van der Waals surface area contributed by atoms with E-state index in [2.05, 4.69) is 19.1 Å². The van der Waals surface area contributed by atoms with E-state index in [9.17, 15) is 4.39 Å². The van der Waals surface area contributed by atoms with Gasteiger partial charge in [-0.15, -0.1) is 22.7 Å². The number of aromatic nitrogens is 1. The summed E-state index contributed by atoms with van der Waals surface area (Å²) in [6, 6.07) is 10.8. The molecule has 3 aromatic rings. The number of nitrogens with zero attached hydrogens (tertiary/aromatic N) is 1. The van der Waals surface area contributed by atoms with Crippen molar-refractivity contribution < 1.29 is 14.2 Å². The standard InChI is InChI=1S/C17H16FNOS2.CH4O/c1-11-3-8-15(21-11)16-14(9-10-20-2)19-17(22-16)12-4-6-13(18)7-5-12;1-2/h3-8H,9-10H2,1-2H3;2H,1H3. The Hall–Kier alpha value is -1.60. The maximum absolute atomic E-state index is 13.1. The van der Waals surface area contributed by atoms with Crippen LogP contribution < -0.4 is 0 Å². The molecule has 2 heterocycles. The number of aliphatic hydroxyl groups is 1. The number of hydrogen-bond acceptors (Lipinski definition) is 5. The van der Waals surface area contributed by atoms with Crippen molar-refractivity contribution in [3.05, 3.63) is 52.8 Å². The Morgan fingerprint density at radius 2 is 1.79 bits per heavy atom. The molecule has 0 saturated carbocycles. The summed E-state index contributed by atoms with van der Waals surface area (Å²) >= 11 is 3.43. The molecule has 3 rings (SSSR count). The average molecular weight is 365 g/mol. The number of thiazole rings is 1. The molecule has 0 radical (unpaired) electrons. The Labute approximate surface area is 149 Å². The predicted octanol–water partition coefficient (Wildman–Crippen LogP) is 4.78. The summed E-state index contributed by atoms with van der Waals surface area (Å²) in [6.07, 6.45) is 0.778. The second-order valence-electron chi connectivity index (χ2n) is 4.95. The Bertz CT molecular complexity index is 766. The van der Waals surface area contributed by atoms with E-state index in [1.165, 1.54) is 26.8 Å². The van der Waals surface area contributed by atoms with Gasteiger partial charge in [0.2, 0.25) is 0 Å². The maximum Gasteiger partial charge on any atom is 0.124 e. The second kappa shape index (κ2) is 9.03. The van der Waals surface area contributed by atoms with Gasteiger partial charge in [-0.25, -0.2) is 9.37 Å². The molecule has 6 heteroatoms. The van der Waals surface area contributed by atoms with Crippen LogP contribution in [0.15, 0.2) is 36.4 Å². The number of hydrogen-bond donors (Lipinski definition) is 1. The van der Waals surface area contributed by atoms with Gasteiger partial charge in [0.15, 0.2) is 0 Å². The molecule has 0 unspecified atom stereocenters. The number of rotatable bonds is 5. The van der Waals surface area contributed by atoms with Crippen molar-refractivity contribution in [2.75, 3.05) is 20.8 Å². The molecule has 0 aliphatic heterocycles. The molecule has 0 bridgehead atoms. The van der Waals surface area contributed by atoms with Gasteiger partial charge in [0.05, 0.1) is 17.2 Å². The van der Waals surface area contributed by atoms with E-state index in [4.69, 9.17) is 14.8 Å². The van der Waals surface area contributed by atoms with E-state index >= 15 is 0 Å². The molecule has 128 valence electrons. The third-order valence-corrected chi connectivity index (χ3v) is 5.62. The molecule has 0 aliphatic rings. The fourth-order valence-electron chi connectivity index (χ4n) is 2.18. The Kier molecular flexibility index (Phi) is 7.05. The van der Waals surface area contributed by atoms with Crippen molar-refractivity contribution in [2.45, 2.75) is 13.3 Å². The third-order valence-electron chi connectivity index (χ3n) is 3.30. The zero-order valence-electron chi connectivity index (χ0n) is 13.9. The number of halogens is 1. The van der Waals surface area contributed by atoms with E-state index in [-0.39, 0.29) is 5.82 Å². The minimum atomic E-state index is -0.228. The van der Waals surface area contributed by atoms with Gasteiger partial charge in [0, 0.05) is 36.0 Å². The molecule has 0 atom stereocenters. The summed E-state index contributed by atoms with van der Waals surface area (Å²) in [5.41, 5.74) is 2.00. The fourth-order valence-corrected chi connectivity index (χ4v) is 4.30. The van der Waals surface area contributed by atoms with E-state index in [1.807, 2.05) is 0 Å². The van der Waals surface area contributed by atoms with Crippen LogP contribution in [0.25, 0.3) is 20.3 Å². The van der Waals surface area contributed by atoms with Crippen LogP contribution in [0.5, 0.6) is 0 Å². The van der Waals surface area contributed by atoms with Crippen molar-refractivity contribution in [2.24, 2.45) is 0 Å². The van der Waals surface area contributed by atoms with Crippen LogP contribution in [0.2, 0.25) is 0 Å². The zero-order valence-corrected chi connectivity index (χ0v) is 15.5. The maximum atomic E-state index is 13.1. The summed E-state index contributed by atoms with van der Waals surface area (Å²) < 4.78 is 18.3. The molecule has 2 aromatic heterocycles. The van der Waals surface area contributed by atoms with Crippen molar-refractivity contribution in [3.8, 4) is 20.3 Å². The first-order chi connectivity index (χ1) is 11.7. The summed E-state index contributed by atoms with van der Waals surface area (Å²) in [7, 11) is 2.70. The highest BCUT2D eigenvalue weighted by Crippen LogP contribution is 2.39. The van der Waals surface area contributed by atoms with E-state index in [0.717, 1.165) is 29.8 Å². The molecule has 0 fully saturated rings. The van der Waals surface area contributed by atoms with Crippen molar-refractivity contribution in [1.82, 2.24) is 4.98 Å². The first kappa shape index (κ1) is 18.7. The molecule has 0 aliphatic carbocycles. The highest BCUT2D eigenvalue weighted by atomic mass is 32.1. The van der Waals surface area contributed by atoms with Crippen molar-refractivity contribution >= 4 is 22.7 Å². The number of thiophene rings is 1. The number of methoxy groups -OCH3 is 1. The van der Waals surface area contributed by atoms with Crippen LogP contribution >= 0.6 is 22.7 Å². The van der Waals surface area contributed by atoms with Gasteiger partial charge in [-0.3, -0.25) is 0 Å². The SMILES string of the molecule is CO.COCCc1nc(-c2ccc(F)cc2)sc1-c1ccc(C)s1. The van der Waals surface area contributed by atoms with Gasteiger partial charge >= 0.3 is 0 Å². The predicted molar refractivity (Wildman–Crippen MR) is 99.3 cm³/mol. The molecule has 1 N–H and O–H groups in total. The van der Waals surface area contributed by atoms with E-state index < -0.39 is 0 Å². The minimum absolute atomic E-state index is 0.228. The van der Waals surface area contributed by atoms with Crippen LogP contribution in [0.3, 0.4) is 0 Å². The molecule has 0 spiro atoms. The number of aliphatic hydroxyl groups excluding tert-OH is 1. The van der Waals surface area contributed by atoms with Crippen molar-refractivity contribution in [3.63, 3.8) is 0 Å².